The lowest BCUT2D eigenvalue weighted by molar-refractivity contribution is -0.173. The van der Waals surface area contributed by atoms with E-state index >= 15 is 0 Å². The summed E-state index contributed by atoms with van der Waals surface area (Å²) in [4.78, 5) is 12.0. The summed E-state index contributed by atoms with van der Waals surface area (Å²) in [5.41, 5.74) is 5.60. The van der Waals surface area contributed by atoms with Gasteiger partial charge in [0.25, 0.3) is 0 Å². The summed E-state index contributed by atoms with van der Waals surface area (Å²) in [5, 5.41) is 3.23. The monoisotopic (exact) mass is 326 g/mol. The zero-order valence-electron chi connectivity index (χ0n) is 12.7. The Morgan fingerprint density at radius 3 is 2.48 bits per heavy atom. The van der Waals surface area contributed by atoms with Crippen molar-refractivity contribution in [2.45, 2.75) is 24.9 Å². The summed E-state index contributed by atoms with van der Waals surface area (Å²) in [6, 6.07) is 7.69. The number of nitrogens with one attached hydrogen (secondary N) is 1. The molecule has 3 N–H and O–H groups in total. The average Bonchev–Trinajstić information content (AvgIpc) is 3.07. The Labute approximate surface area is 133 Å². The number of fused-ring (bicyclic) bond motifs is 1. The van der Waals surface area contributed by atoms with Crippen molar-refractivity contribution in [3.8, 4) is 0 Å². The van der Waals surface area contributed by atoms with E-state index < -0.39 is 23.9 Å². The second kappa shape index (κ2) is 6.15. The van der Waals surface area contributed by atoms with Crippen LogP contribution < -0.4 is 11.1 Å². The van der Waals surface area contributed by atoms with Gasteiger partial charge in [0.2, 0.25) is 5.91 Å². The number of alkyl halides is 3. The standard InChI is InChI=1S/C17H21F3N2O/c18-17(19,20)15(10-4-2-1-3-5-10)14(16(21)23)12-7-6-11-8-22-9-13(11)12/h1-5,11-15,22H,6-9H2,(H2,21,23). The number of benzene rings is 1. The van der Waals surface area contributed by atoms with Gasteiger partial charge in [0.05, 0.1) is 11.8 Å². The molecule has 2 fully saturated rings. The van der Waals surface area contributed by atoms with Crippen LogP contribution in [0.5, 0.6) is 0 Å². The molecule has 1 heterocycles. The Balaban J connectivity index is 1.98. The molecule has 6 heteroatoms. The third-order valence-electron chi connectivity index (χ3n) is 5.47. The van der Waals surface area contributed by atoms with Crippen LogP contribution in [0.2, 0.25) is 0 Å². The molecule has 3 rings (SSSR count). The Bertz CT molecular complexity index is 561. The van der Waals surface area contributed by atoms with Gasteiger partial charge < -0.3 is 11.1 Å². The van der Waals surface area contributed by atoms with Crippen molar-refractivity contribution >= 4 is 5.91 Å². The highest BCUT2D eigenvalue weighted by molar-refractivity contribution is 5.78. The average molecular weight is 326 g/mol. The zero-order valence-corrected chi connectivity index (χ0v) is 12.7. The minimum absolute atomic E-state index is 0.112. The summed E-state index contributed by atoms with van der Waals surface area (Å²) in [6.45, 7) is 1.51. The van der Waals surface area contributed by atoms with Crippen LogP contribution in [0.3, 0.4) is 0 Å². The molecule has 1 saturated heterocycles. The van der Waals surface area contributed by atoms with Crippen molar-refractivity contribution in [3.63, 3.8) is 0 Å². The molecule has 1 aromatic carbocycles. The van der Waals surface area contributed by atoms with Gasteiger partial charge in [0.15, 0.2) is 0 Å². The number of hydrogen-bond donors (Lipinski definition) is 2. The summed E-state index contributed by atoms with van der Waals surface area (Å²) in [5.74, 6) is -3.70. The molecule has 0 spiro atoms. The molecule has 1 aromatic rings. The van der Waals surface area contributed by atoms with Gasteiger partial charge in [-0.15, -0.1) is 0 Å². The van der Waals surface area contributed by atoms with E-state index in [-0.39, 0.29) is 17.4 Å². The number of amides is 1. The second-order valence-corrected chi connectivity index (χ2v) is 6.68. The Hall–Kier alpha value is -1.56. The zero-order chi connectivity index (χ0) is 16.6. The molecule has 3 nitrogen and oxygen atoms in total. The van der Waals surface area contributed by atoms with Crippen LogP contribution in [0.25, 0.3) is 0 Å². The van der Waals surface area contributed by atoms with Gasteiger partial charge in [0, 0.05) is 0 Å². The van der Waals surface area contributed by atoms with E-state index in [2.05, 4.69) is 5.32 Å². The van der Waals surface area contributed by atoms with E-state index in [4.69, 9.17) is 5.73 Å². The van der Waals surface area contributed by atoms with Gasteiger partial charge in [-0.3, -0.25) is 4.79 Å². The summed E-state index contributed by atoms with van der Waals surface area (Å²) in [7, 11) is 0. The highest BCUT2D eigenvalue weighted by Gasteiger charge is 2.54. The Kier molecular flexibility index (Phi) is 4.36. The summed E-state index contributed by atoms with van der Waals surface area (Å²) in [6.07, 6.45) is -2.99. The molecule has 5 unspecified atom stereocenters. The molecule has 1 aliphatic heterocycles. The lowest BCUT2D eigenvalue weighted by Gasteiger charge is -2.34. The van der Waals surface area contributed by atoms with Crippen molar-refractivity contribution < 1.29 is 18.0 Å². The van der Waals surface area contributed by atoms with Crippen molar-refractivity contribution in [3.05, 3.63) is 35.9 Å². The molecule has 1 amide bonds. The number of rotatable bonds is 4. The number of carbonyl (C=O) groups is 1. The van der Waals surface area contributed by atoms with Crippen LogP contribution >= 0.6 is 0 Å². The predicted molar refractivity (Wildman–Crippen MR) is 80.5 cm³/mol. The lowest BCUT2D eigenvalue weighted by Crippen LogP contribution is -2.42. The van der Waals surface area contributed by atoms with Gasteiger partial charge in [-0.1, -0.05) is 30.3 Å². The van der Waals surface area contributed by atoms with Crippen molar-refractivity contribution in [2.24, 2.45) is 29.4 Å². The van der Waals surface area contributed by atoms with E-state index in [1.54, 1.807) is 18.2 Å². The SMILES string of the molecule is NC(=O)C(C1CCC2CNCC21)C(c1ccccc1)C(F)(F)F. The first kappa shape index (κ1) is 16.3. The van der Waals surface area contributed by atoms with E-state index in [1.165, 1.54) is 12.1 Å². The first-order valence-corrected chi connectivity index (χ1v) is 8.01. The van der Waals surface area contributed by atoms with Crippen LogP contribution in [0.1, 0.15) is 24.3 Å². The van der Waals surface area contributed by atoms with Gasteiger partial charge >= 0.3 is 6.18 Å². The molecule has 0 aromatic heterocycles. The van der Waals surface area contributed by atoms with Gasteiger partial charge in [0.1, 0.15) is 0 Å². The van der Waals surface area contributed by atoms with E-state index in [0.29, 0.717) is 18.9 Å². The smallest absolute Gasteiger partial charge is 0.369 e. The van der Waals surface area contributed by atoms with Gasteiger partial charge in [-0.2, -0.15) is 13.2 Å². The highest BCUT2D eigenvalue weighted by Crippen LogP contribution is 2.51. The normalized spacial score (nSPS) is 30.0. The number of primary amides is 1. The molecule has 1 saturated carbocycles. The van der Waals surface area contributed by atoms with Gasteiger partial charge in [-0.25, -0.2) is 0 Å². The quantitative estimate of drug-likeness (QED) is 0.894. The van der Waals surface area contributed by atoms with Gasteiger partial charge in [-0.05, 0) is 49.2 Å². The maximum atomic E-state index is 13.8. The summed E-state index contributed by atoms with van der Waals surface area (Å²) >= 11 is 0. The number of nitrogens with two attached hydrogens (primary N) is 1. The topological polar surface area (TPSA) is 55.1 Å². The second-order valence-electron chi connectivity index (χ2n) is 6.68. The largest absolute Gasteiger partial charge is 0.396 e. The molecule has 126 valence electrons. The van der Waals surface area contributed by atoms with Crippen LogP contribution in [0.4, 0.5) is 13.2 Å². The number of halogens is 3. The van der Waals surface area contributed by atoms with Crippen LogP contribution in [0, 0.1) is 23.7 Å². The van der Waals surface area contributed by atoms with Crippen LogP contribution in [-0.2, 0) is 4.79 Å². The molecule has 2 aliphatic rings. The maximum Gasteiger partial charge on any atom is 0.396 e. The molecule has 23 heavy (non-hydrogen) atoms. The first-order chi connectivity index (χ1) is 10.9. The molecule has 0 bridgehead atoms. The van der Waals surface area contributed by atoms with E-state index in [1.807, 2.05) is 0 Å². The number of carbonyl (C=O) groups excluding carboxylic acids is 1. The van der Waals surface area contributed by atoms with Crippen molar-refractivity contribution in [2.75, 3.05) is 13.1 Å². The first-order valence-electron chi connectivity index (χ1n) is 8.01. The Morgan fingerprint density at radius 2 is 1.87 bits per heavy atom. The Morgan fingerprint density at radius 1 is 1.17 bits per heavy atom. The molecular formula is C17H21F3N2O. The van der Waals surface area contributed by atoms with E-state index in [0.717, 1.165) is 13.0 Å². The lowest BCUT2D eigenvalue weighted by atomic mass is 9.72. The fraction of sp³-hybridized carbons (Fsp3) is 0.588. The predicted octanol–water partition coefficient (Wildman–Crippen LogP) is 2.68. The molecular weight excluding hydrogens is 305 g/mol. The van der Waals surface area contributed by atoms with Crippen molar-refractivity contribution in [1.82, 2.24) is 5.32 Å². The third-order valence-corrected chi connectivity index (χ3v) is 5.47. The molecule has 0 radical (unpaired) electrons. The van der Waals surface area contributed by atoms with E-state index in [9.17, 15) is 18.0 Å². The fourth-order valence-corrected chi connectivity index (χ4v) is 4.52. The minimum atomic E-state index is -4.49. The molecule has 5 atom stereocenters. The number of hydrogen-bond acceptors (Lipinski definition) is 2. The highest BCUT2D eigenvalue weighted by atomic mass is 19.4. The minimum Gasteiger partial charge on any atom is -0.369 e. The molecule has 1 aliphatic carbocycles. The summed E-state index contributed by atoms with van der Waals surface area (Å²) < 4.78 is 41.4. The third kappa shape index (κ3) is 3.09. The van der Waals surface area contributed by atoms with Crippen LogP contribution in [-0.4, -0.2) is 25.2 Å². The van der Waals surface area contributed by atoms with Crippen LogP contribution in [0.15, 0.2) is 30.3 Å². The maximum absolute atomic E-state index is 13.8. The fourth-order valence-electron chi connectivity index (χ4n) is 4.52. The van der Waals surface area contributed by atoms with Crippen molar-refractivity contribution in [1.29, 1.82) is 0 Å².